The summed E-state index contributed by atoms with van der Waals surface area (Å²) < 4.78 is 29.3. The molecule has 0 unspecified atom stereocenters. The van der Waals surface area contributed by atoms with Gasteiger partial charge in [-0.2, -0.15) is 0 Å². The van der Waals surface area contributed by atoms with Gasteiger partial charge in [0.1, 0.15) is 0 Å². The summed E-state index contributed by atoms with van der Waals surface area (Å²) in [6, 6.07) is -0.352. The number of amides is 1. The van der Waals surface area contributed by atoms with Crippen LogP contribution in [0.15, 0.2) is 0 Å². The van der Waals surface area contributed by atoms with E-state index in [9.17, 15) is 13.2 Å². The third-order valence-corrected chi connectivity index (χ3v) is 6.03. The van der Waals surface area contributed by atoms with Crippen LogP contribution in [0.1, 0.15) is 39.5 Å². The van der Waals surface area contributed by atoms with Gasteiger partial charge in [-0.1, -0.05) is 6.42 Å². The van der Waals surface area contributed by atoms with Crippen LogP contribution in [0.3, 0.4) is 0 Å². The van der Waals surface area contributed by atoms with E-state index in [4.69, 9.17) is 4.74 Å². The molecule has 0 aromatic rings. The lowest BCUT2D eigenvalue weighted by Gasteiger charge is -2.35. The van der Waals surface area contributed by atoms with Gasteiger partial charge in [-0.25, -0.2) is 8.42 Å². The molecule has 2 fully saturated rings. The summed E-state index contributed by atoms with van der Waals surface area (Å²) in [5.74, 6) is 0.107. The average Bonchev–Trinajstić information content (AvgIpc) is 2.74. The molecule has 2 saturated heterocycles. The van der Waals surface area contributed by atoms with Gasteiger partial charge in [0.05, 0.1) is 30.3 Å². The highest BCUT2D eigenvalue weighted by atomic mass is 32.2. The molecule has 0 saturated carbocycles. The minimum Gasteiger partial charge on any atom is -0.378 e. The van der Waals surface area contributed by atoms with Crippen molar-refractivity contribution in [1.29, 1.82) is 0 Å². The predicted molar refractivity (Wildman–Crippen MR) is 85.5 cm³/mol. The lowest BCUT2D eigenvalue weighted by atomic mass is 10.0. The molecule has 22 heavy (non-hydrogen) atoms. The summed E-state index contributed by atoms with van der Waals surface area (Å²) in [5.41, 5.74) is 0. The molecule has 1 amide bonds. The van der Waals surface area contributed by atoms with Gasteiger partial charge >= 0.3 is 0 Å². The third kappa shape index (κ3) is 5.21. The highest BCUT2D eigenvalue weighted by molar-refractivity contribution is 7.91. The molecular formula is C15H28N2O4S. The Labute approximate surface area is 133 Å². The molecule has 0 aromatic heterocycles. The van der Waals surface area contributed by atoms with E-state index in [1.165, 1.54) is 6.42 Å². The van der Waals surface area contributed by atoms with Gasteiger partial charge in [0.25, 0.3) is 0 Å². The molecule has 1 N–H and O–H groups in total. The van der Waals surface area contributed by atoms with Crippen LogP contribution in [-0.2, 0) is 19.4 Å². The summed E-state index contributed by atoms with van der Waals surface area (Å²) >= 11 is 0. The zero-order valence-electron chi connectivity index (χ0n) is 13.6. The Morgan fingerprint density at radius 1 is 1.23 bits per heavy atom. The van der Waals surface area contributed by atoms with Gasteiger partial charge in [-0.05, 0) is 39.8 Å². The first-order valence-electron chi connectivity index (χ1n) is 8.23. The van der Waals surface area contributed by atoms with Crippen LogP contribution in [0.4, 0.5) is 0 Å². The van der Waals surface area contributed by atoms with Crippen LogP contribution in [-0.4, -0.2) is 68.6 Å². The van der Waals surface area contributed by atoms with Crippen LogP contribution >= 0.6 is 0 Å². The fourth-order valence-corrected chi connectivity index (χ4v) is 5.20. The summed E-state index contributed by atoms with van der Waals surface area (Å²) in [5, 5.41) is 2.92. The number of rotatable bonds is 6. The Bertz CT molecular complexity index is 472. The number of nitrogens with one attached hydrogen (secondary N) is 1. The molecule has 0 bridgehead atoms. The number of hydrogen-bond acceptors (Lipinski definition) is 5. The van der Waals surface area contributed by atoms with Crippen LogP contribution < -0.4 is 5.32 Å². The zero-order valence-corrected chi connectivity index (χ0v) is 14.4. The summed E-state index contributed by atoms with van der Waals surface area (Å²) in [6.07, 6.45) is 3.81. The topological polar surface area (TPSA) is 75.7 Å². The van der Waals surface area contributed by atoms with E-state index < -0.39 is 9.84 Å². The molecule has 2 aliphatic heterocycles. The second-order valence-corrected chi connectivity index (χ2v) is 8.74. The SMILES string of the molecule is CC(C)OCCC(=O)N[C@H]1CS(=O)(=O)C[C@@H]1N1CCCCC1. The van der Waals surface area contributed by atoms with E-state index in [0.29, 0.717) is 6.61 Å². The van der Waals surface area contributed by atoms with Crippen LogP contribution in [0.2, 0.25) is 0 Å². The van der Waals surface area contributed by atoms with E-state index in [1.54, 1.807) is 0 Å². The number of carbonyl (C=O) groups is 1. The van der Waals surface area contributed by atoms with Gasteiger partial charge in [0.15, 0.2) is 9.84 Å². The number of ether oxygens (including phenoxy) is 1. The molecule has 2 rings (SSSR count). The first kappa shape index (κ1) is 17.7. The van der Waals surface area contributed by atoms with Crippen molar-refractivity contribution in [2.24, 2.45) is 0 Å². The quantitative estimate of drug-likeness (QED) is 0.769. The molecule has 2 heterocycles. The van der Waals surface area contributed by atoms with Crippen molar-refractivity contribution in [2.75, 3.05) is 31.2 Å². The van der Waals surface area contributed by atoms with E-state index >= 15 is 0 Å². The number of hydrogen-bond donors (Lipinski definition) is 1. The number of sulfone groups is 1. The van der Waals surface area contributed by atoms with Gasteiger partial charge in [-0.3, -0.25) is 9.69 Å². The zero-order chi connectivity index (χ0) is 16.2. The fourth-order valence-electron chi connectivity index (χ4n) is 3.24. The summed E-state index contributed by atoms with van der Waals surface area (Å²) in [7, 11) is -3.06. The highest BCUT2D eigenvalue weighted by Crippen LogP contribution is 2.22. The molecular weight excluding hydrogens is 304 g/mol. The fraction of sp³-hybridized carbons (Fsp3) is 0.933. The summed E-state index contributed by atoms with van der Waals surface area (Å²) in [6.45, 7) is 6.09. The molecule has 0 aromatic carbocycles. The van der Waals surface area contributed by atoms with Crippen molar-refractivity contribution in [3.05, 3.63) is 0 Å². The maximum Gasteiger partial charge on any atom is 0.222 e. The van der Waals surface area contributed by atoms with Crippen molar-refractivity contribution in [3.8, 4) is 0 Å². The standard InChI is InChI=1S/C15H28N2O4S/c1-12(2)21-9-6-15(18)16-13-10-22(19,20)11-14(13)17-7-4-3-5-8-17/h12-14H,3-11H2,1-2H3,(H,16,18)/t13-,14-/m0/s1. The lowest BCUT2D eigenvalue weighted by Crippen LogP contribution is -2.52. The first-order chi connectivity index (χ1) is 10.4. The molecule has 7 heteroatoms. The van der Waals surface area contributed by atoms with Crippen molar-refractivity contribution in [2.45, 2.75) is 57.7 Å². The number of nitrogens with zero attached hydrogens (tertiary/aromatic N) is 1. The average molecular weight is 332 g/mol. The van der Waals surface area contributed by atoms with E-state index in [-0.39, 0.29) is 42.0 Å². The maximum absolute atomic E-state index is 12.0. The minimum atomic E-state index is -3.06. The molecule has 0 spiro atoms. The van der Waals surface area contributed by atoms with Crippen molar-refractivity contribution >= 4 is 15.7 Å². The number of carbonyl (C=O) groups excluding carboxylic acids is 1. The Morgan fingerprint density at radius 3 is 2.55 bits per heavy atom. The van der Waals surface area contributed by atoms with Gasteiger partial charge < -0.3 is 10.1 Å². The number of likely N-dealkylation sites (tertiary alicyclic amines) is 1. The van der Waals surface area contributed by atoms with Crippen molar-refractivity contribution in [1.82, 2.24) is 10.2 Å². The van der Waals surface area contributed by atoms with Gasteiger partial charge in [0.2, 0.25) is 5.91 Å². The van der Waals surface area contributed by atoms with Crippen molar-refractivity contribution < 1.29 is 17.9 Å². The molecule has 0 aliphatic carbocycles. The lowest BCUT2D eigenvalue weighted by molar-refractivity contribution is -0.123. The Kier molecular flexibility index (Phi) is 6.23. The largest absolute Gasteiger partial charge is 0.378 e. The molecule has 2 aliphatic rings. The normalized spacial score (nSPS) is 28.9. The highest BCUT2D eigenvalue weighted by Gasteiger charge is 2.41. The first-order valence-corrected chi connectivity index (χ1v) is 10.0. The van der Waals surface area contributed by atoms with Gasteiger partial charge in [-0.15, -0.1) is 0 Å². The van der Waals surface area contributed by atoms with E-state index in [1.807, 2.05) is 13.8 Å². The minimum absolute atomic E-state index is 0.0605. The maximum atomic E-state index is 12.0. The van der Waals surface area contributed by atoms with Crippen LogP contribution in [0.5, 0.6) is 0 Å². The molecule has 0 radical (unpaired) electrons. The van der Waals surface area contributed by atoms with Crippen LogP contribution in [0, 0.1) is 0 Å². The van der Waals surface area contributed by atoms with E-state index in [0.717, 1.165) is 25.9 Å². The Hall–Kier alpha value is -0.660. The third-order valence-electron chi connectivity index (χ3n) is 4.31. The second-order valence-electron chi connectivity index (χ2n) is 6.58. The number of piperidine rings is 1. The van der Waals surface area contributed by atoms with Crippen LogP contribution in [0.25, 0.3) is 0 Å². The Balaban J connectivity index is 1.90. The van der Waals surface area contributed by atoms with Crippen molar-refractivity contribution in [3.63, 3.8) is 0 Å². The van der Waals surface area contributed by atoms with E-state index in [2.05, 4.69) is 10.2 Å². The molecule has 128 valence electrons. The molecule has 6 nitrogen and oxygen atoms in total. The predicted octanol–water partition coefficient (Wildman–Crippen LogP) is 0.569. The second kappa shape index (κ2) is 7.75. The smallest absolute Gasteiger partial charge is 0.222 e. The van der Waals surface area contributed by atoms with Gasteiger partial charge in [0, 0.05) is 12.5 Å². The summed E-state index contributed by atoms with van der Waals surface area (Å²) in [4.78, 5) is 14.3. The monoisotopic (exact) mass is 332 g/mol. The Morgan fingerprint density at radius 2 is 1.91 bits per heavy atom. The molecule has 2 atom stereocenters.